The van der Waals surface area contributed by atoms with Gasteiger partial charge in [0, 0.05) is 17.9 Å². The number of allylic oxidation sites excluding steroid dienone is 1. The molecular formula is C29H41N3O9. The van der Waals surface area contributed by atoms with Crippen LogP contribution in [0, 0.1) is 22.7 Å². The smallest absolute Gasteiger partial charge is 0.407 e. The maximum atomic E-state index is 13.6. The first-order valence-corrected chi connectivity index (χ1v) is 13.2. The lowest BCUT2D eigenvalue weighted by molar-refractivity contribution is -0.217. The standard InChI is InChI=1S/C29H41N3O9/c1-17(2)31-24(35)28(6)20(22(33)38-8)29(7,21(28)23(34)39-9)25(36)32-18-11-13-19(14-12-18)40-16-10-15-30-26(37)41-27(3,4)5/h11-14,20-21H,1,10,15-16H2,2-9H3,(H,30,37)(H,31,35)(H,32,36). The van der Waals surface area contributed by atoms with Crippen LogP contribution >= 0.6 is 0 Å². The van der Waals surface area contributed by atoms with Crippen LogP contribution in [0.5, 0.6) is 5.75 Å². The van der Waals surface area contributed by atoms with E-state index in [0.717, 1.165) is 14.2 Å². The summed E-state index contributed by atoms with van der Waals surface area (Å²) < 4.78 is 20.7. The molecule has 1 aliphatic rings. The Labute approximate surface area is 240 Å². The molecule has 0 aromatic heterocycles. The molecule has 2 atom stereocenters. The summed E-state index contributed by atoms with van der Waals surface area (Å²) in [5.74, 6) is -4.99. The van der Waals surface area contributed by atoms with Crippen molar-refractivity contribution in [2.24, 2.45) is 22.7 Å². The summed E-state index contributed by atoms with van der Waals surface area (Å²) in [6.07, 6.45) is 0.0378. The number of hydrogen-bond donors (Lipinski definition) is 3. The number of alkyl carbamates (subject to hydrolysis) is 1. The quantitative estimate of drug-likeness (QED) is 0.205. The first kappa shape index (κ1) is 33.1. The minimum absolute atomic E-state index is 0.308. The molecule has 0 radical (unpaired) electrons. The summed E-state index contributed by atoms with van der Waals surface area (Å²) in [6.45, 7) is 14.1. The lowest BCUT2D eigenvalue weighted by atomic mass is 9.39. The Hall–Kier alpha value is -4.09. The van der Waals surface area contributed by atoms with E-state index in [-0.39, 0.29) is 0 Å². The first-order chi connectivity index (χ1) is 19.0. The molecule has 1 fully saturated rings. The summed E-state index contributed by atoms with van der Waals surface area (Å²) in [4.78, 5) is 64.3. The van der Waals surface area contributed by atoms with Crippen molar-refractivity contribution in [3.05, 3.63) is 36.5 Å². The molecule has 2 rings (SSSR count). The van der Waals surface area contributed by atoms with Crippen molar-refractivity contribution in [2.75, 3.05) is 32.7 Å². The molecule has 12 heteroatoms. The fourth-order valence-electron chi connectivity index (χ4n) is 5.22. The number of ether oxygens (including phenoxy) is 4. The molecule has 1 saturated carbocycles. The van der Waals surface area contributed by atoms with Crippen molar-refractivity contribution >= 4 is 35.5 Å². The zero-order chi connectivity index (χ0) is 31.2. The van der Waals surface area contributed by atoms with E-state index in [9.17, 15) is 24.0 Å². The molecule has 0 aliphatic heterocycles. The fraction of sp³-hybridized carbons (Fsp3) is 0.552. The number of carbonyl (C=O) groups is 5. The summed E-state index contributed by atoms with van der Waals surface area (Å²) in [6, 6.07) is 6.48. The Bertz CT molecular complexity index is 1150. The molecule has 2 unspecified atom stereocenters. The van der Waals surface area contributed by atoms with Gasteiger partial charge < -0.3 is 34.9 Å². The lowest BCUT2D eigenvalue weighted by Gasteiger charge is -2.60. The van der Waals surface area contributed by atoms with Gasteiger partial charge in [-0.2, -0.15) is 0 Å². The number of benzene rings is 1. The van der Waals surface area contributed by atoms with E-state index >= 15 is 0 Å². The van der Waals surface area contributed by atoms with Crippen molar-refractivity contribution in [3.63, 3.8) is 0 Å². The molecule has 12 nitrogen and oxygen atoms in total. The minimum Gasteiger partial charge on any atom is -0.494 e. The number of anilines is 1. The molecule has 0 bridgehead atoms. The van der Waals surface area contributed by atoms with Crippen LogP contribution in [0.4, 0.5) is 10.5 Å². The van der Waals surface area contributed by atoms with Crippen molar-refractivity contribution in [3.8, 4) is 5.75 Å². The number of amides is 3. The number of nitrogens with one attached hydrogen (secondary N) is 3. The third-order valence-electron chi connectivity index (χ3n) is 6.95. The Balaban J connectivity index is 2.12. The predicted molar refractivity (Wildman–Crippen MR) is 150 cm³/mol. The van der Waals surface area contributed by atoms with Crippen molar-refractivity contribution in [1.82, 2.24) is 10.6 Å². The van der Waals surface area contributed by atoms with Gasteiger partial charge in [-0.1, -0.05) is 6.58 Å². The summed E-state index contributed by atoms with van der Waals surface area (Å²) in [5, 5.41) is 7.94. The third kappa shape index (κ3) is 7.36. The van der Waals surface area contributed by atoms with Crippen LogP contribution in [-0.4, -0.2) is 62.8 Å². The Kier molecular flexibility index (Phi) is 10.5. The SMILES string of the molecule is C=C(C)NC(=O)C1(C)C(C(=O)OC)C(C)(C(=O)Nc2ccc(OCCCNC(=O)OC(C)(C)C)cc2)C1C(=O)OC. The maximum Gasteiger partial charge on any atom is 0.407 e. The second-order valence-corrected chi connectivity index (χ2v) is 11.3. The lowest BCUT2D eigenvalue weighted by Crippen LogP contribution is -2.75. The van der Waals surface area contributed by atoms with Crippen LogP contribution in [0.1, 0.15) is 48.0 Å². The number of carbonyl (C=O) groups excluding carboxylic acids is 5. The Morgan fingerprint density at radius 2 is 1.41 bits per heavy atom. The van der Waals surface area contributed by atoms with Gasteiger partial charge >= 0.3 is 18.0 Å². The predicted octanol–water partition coefficient (Wildman–Crippen LogP) is 3.17. The van der Waals surface area contributed by atoms with Crippen molar-refractivity contribution in [2.45, 2.75) is 53.6 Å². The zero-order valence-corrected chi connectivity index (χ0v) is 25.0. The number of methoxy groups -OCH3 is 2. The fourth-order valence-corrected chi connectivity index (χ4v) is 5.22. The van der Waals surface area contributed by atoms with Gasteiger partial charge in [0.15, 0.2) is 0 Å². The average molecular weight is 576 g/mol. The zero-order valence-electron chi connectivity index (χ0n) is 25.0. The molecule has 1 aromatic carbocycles. The van der Waals surface area contributed by atoms with Crippen LogP contribution in [0.2, 0.25) is 0 Å². The van der Waals surface area contributed by atoms with E-state index < -0.39 is 58.1 Å². The second kappa shape index (κ2) is 13.0. The molecule has 0 saturated heterocycles. The van der Waals surface area contributed by atoms with Gasteiger partial charge in [-0.05, 0) is 72.2 Å². The number of rotatable bonds is 11. The van der Waals surface area contributed by atoms with Gasteiger partial charge in [-0.3, -0.25) is 19.2 Å². The number of esters is 2. The molecule has 226 valence electrons. The van der Waals surface area contributed by atoms with Gasteiger partial charge in [-0.15, -0.1) is 0 Å². The highest BCUT2D eigenvalue weighted by atomic mass is 16.6. The van der Waals surface area contributed by atoms with Crippen LogP contribution in [0.15, 0.2) is 36.5 Å². The third-order valence-corrected chi connectivity index (χ3v) is 6.95. The van der Waals surface area contributed by atoms with Crippen LogP contribution in [-0.2, 0) is 33.4 Å². The molecule has 3 N–H and O–H groups in total. The monoisotopic (exact) mass is 575 g/mol. The highest BCUT2D eigenvalue weighted by molar-refractivity contribution is 6.08. The van der Waals surface area contributed by atoms with E-state index in [1.165, 1.54) is 13.8 Å². The van der Waals surface area contributed by atoms with Gasteiger partial charge in [0.1, 0.15) is 11.4 Å². The first-order valence-electron chi connectivity index (χ1n) is 13.2. The number of hydrogen-bond acceptors (Lipinski definition) is 9. The average Bonchev–Trinajstić information content (AvgIpc) is 2.87. The summed E-state index contributed by atoms with van der Waals surface area (Å²) in [7, 11) is 2.30. The molecule has 41 heavy (non-hydrogen) atoms. The van der Waals surface area contributed by atoms with E-state index in [2.05, 4.69) is 22.5 Å². The Morgan fingerprint density at radius 1 is 0.902 bits per heavy atom. The van der Waals surface area contributed by atoms with E-state index in [1.54, 1.807) is 52.0 Å². The van der Waals surface area contributed by atoms with E-state index in [0.29, 0.717) is 36.7 Å². The van der Waals surface area contributed by atoms with E-state index in [4.69, 9.17) is 18.9 Å². The van der Waals surface area contributed by atoms with Gasteiger partial charge in [0.25, 0.3) is 0 Å². The van der Waals surface area contributed by atoms with E-state index in [1.807, 2.05) is 0 Å². The molecular weight excluding hydrogens is 534 g/mol. The highest BCUT2D eigenvalue weighted by Crippen LogP contribution is 2.65. The molecule has 0 spiro atoms. The van der Waals surface area contributed by atoms with Crippen LogP contribution in [0.3, 0.4) is 0 Å². The molecule has 0 heterocycles. The van der Waals surface area contributed by atoms with Gasteiger partial charge in [-0.25, -0.2) is 4.79 Å². The molecule has 3 amide bonds. The maximum absolute atomic E-state index is 13.6. The largest absolute Gasteiger partial charge is 0.494 e. The van der Waals surface area contributed by atoms with Crippen LogP contribution in [0.25, 0.3) is 0 Å². The van der Waals surface area contributed by atoms with Gasteiger partial charge in [0.05, 0.1) is 43.5 Å². The second-order valence-electron chi connectivity index (χ2n) is 11.3. The topological polar surface area (TPSA) is 158 Å². The van der Waals surface area contributed by atoms with Crippen molar-refractivity contribution in [1.29, 1.82) is 0 Å². The van der Waals surface area contributed by atoms with Crippen LogP contribution < -0.4 is 20.7 Å². The van der Waals surface area contributed by atoms with Gasteiger partial charge in [0.2, 0.25) is 11.8 Å². The summed E-state index contributed by atoms with van der Waals surface area (Å²) in [5.41, 5.74) is -3.20. The molecule has 1 aromatic rings. The molecule has 1 aliphatic carbocycles. The highest BCUT2D eigenvalue weighted by Gasteiger charge is 2.78. The Morgan fingerprint density at radius 3 is 1.88 bits per heavy atom. The van der Waals surface area contributed by atoms with Crippen molar-refractivity contribution < 1.29 is 42.9 Å². The normalized spacial score (nSPS) is 23.2. The summed E-state index contributed by atoms with van der Waals surface area (Å²) >= 11 is 0. The minimum atomic E-state index is -1.67.